The number of aldehydes is 1. The van der Waals surface area contributed by atoms with Crippen LogP contribution in [0, 0.1) is 0 Å². The van der Waals surface area contributed by atoms with Crippen molar-refractivity contribution in [2.75, 3.05) is 12.5 Å². The van der Waals surface area contributed by atoms with E-state index in [2.05, 4.69) is 10.5 Å². The molecule has 4 heteroatoms. The first-order chi connectivity index (χ1) is 9.33. The predicted octanol–water partition coefficient (Wildman–Crippen LogP) is 2.71. The zero-order chi connectivity index (χ0) is 13.5. The zero-order valence-electron chi connectivity index (χ0n) is 10.5. The first kappa shape index (κ1) is 12.8. The number of ether oxygens (including phenoxy) is 1. The van der Waals surface area contributed by atoms with E-state index < -0.39 is 0 Å². The van der Waals surface area contributed by atoms with Gasteiger partial charge < -0.3 is 4.74 Å². The average Bonchev–Trinajstić information content (AvgIpc) is 2.49. The van der Waals surface area contributed by atoms with E-state index in [9.17, 15) is 4.79 Å². The maximum Gasteiger partial charge on any atom is 0.170 e. The lowest BCUT2D eigenvalue weighted by Gasteiger charge is -2.04. The van der Waals surface area contributed by atoms with Crippen LogP contribution in [0.25, 0.3) is 0 Å². The van der Waals surface area contributed by atoms with Gasteiger partial charge in [0, 0.05) is 5.56 Å². The van der Waals surface area contributed by atoms with Crippen LogP contribution in [-0.2, 0) is 4.79 Å². The Morgan fingerprint density at radius 3 is 2.37 bits per heavy atom. The van der Waals surface area contributed by atoms with Gasteiger partial charge >= 0.3 is 0 Å². The maximum absolute atomic E-state index is 11.1. The molecule has 0 saturated carbocycles. The van der Waals surface area contributed by atoms with Crippen LogP contribution in [0.3, 0.4) is 0 Å². The normalized spacial score (nSPS) is 10.9. The number of anilines is 1. The Kier molecular flexibility index (Phi) is 4.29. The SMILES string of the molecule is COc1ccc(/C(C=O)=N/Nc2ccccc2)cc1. The number of hydrogen-bond donors (Lipinski definition) is 1. The Morgan fingerprint density at radius 2 is 1.79 bits per heavy atom. The summed E-state index contributed by atoms with van der Waals surface area (Å²) in [6, 6.07) is 16.6. The molecule has 0 amide bonds. The first-order valence-electron chi connectivity index (χ1n) is 5.82. The quantitative estimate of drug-likeness (QED) is 0.507. The predicted molar refractivity (Wildman–Crippen MR) is 75.7 cm³/mol. The van der Waals surface area contributed by atoms with E-state index in [0.717, 1.165) is 23.3 Å². The molecule has 0 aliphatic rings. The van der Waals surface area contributed by atoms with E-state index in [0.29, 0.717) is 5.71 Å². The van der Waals surface area contributed by atoms with Crippen LogP contribution in [0.15, 0.2) is 59.7 Å². The molecule has 4 nitrogen and oxygen atoms in total. The molecule has 2 rings (SSSR count). The highest BCUT2D eigenvalue weighted by Crippen LogP contribution is 2.12. The van der Waals surface area contributed by atoms with Gasteiger partial charge in [-0.2, -0.15) is 5.10 Å². The largest absolute Gasteiger partial charge is 0.497 e. The van der Waals surface area contributed by atoms with Crippen LogP contribution < -0.4 is 10.2 Å². The lowest BCUT2D eigenvalue weighted by molar-refractivity contribution is -0.102. The van der Waals surface area contributed by atoms with Gasteiger partial charge in [0.2, 0.25) is 0 Å². The second kappa shape index (κ2) is 6.35. The summed E-state index contributed by atoms with van der Waals surface area (Å²) in [6.07, 6.45) is 0.720. The molecule has 2 aromatic rings. The van der Waals surface area contributed by atoms with Crippen molar-refractivity contribution in [3.63, 3.8) is 0 Å². The van der Waals surface area contributed by atoms with Gasteiger partial charge in [-0.15, -0.1) is 0 Å². The van der Waals surface area contributed by atoms with Crippen molar-refractivity contribution >= 4 is 17.7 Å². The van der Waals surface area contributed by atoms with E-state index >= 15 is 0 Å². The second-order valence-electron chi connectivity index (χ2n) is 3.82. The molecular formula is C15H14N2O2. The summed E-state index contributed by atoms with van der Waals surface area (Å²) in [4.78, 5) is 11.1. The summed E-state index contributed by atoms with van der Waals surface area (Å²) in [7, 11) is 1.60. The summed E-state index contributed by atoms with van der Waals surface area (Å²) >= 11 is 0. The topological polar surface area (TPSA) is 50.7 Å². The monoisotopic (exact) mass is 254 g/mol. The molecule has 0 aromatic heterocycles. The Labute approximate surface area is 111 Å². The average molecular weight is 254 g/mol. The summed E-state index contributed by atoms with van der Waals surface area (Å²) in [5.41, 5.74) is 4.75. The van der Waals surface area contributed by atoms with Gasteiger partial charge in [0.05, 0.1) is 12.8 Å². The summed E-state index contributed by atoms with van der Waals surface area (Å²) < 4.78 is 5.07. The molecule has 0 atom stereocenters. The van der Waals surface area contributed by atoms with Crippen molar-refractivity contribution in [2.24, 2.45) is 5.10 Å². The molecule has 0 unspecified atom stereocenters. The van der Waals surface area contributed by atoms with Crippen LogP contribution in [-0.4, -0.2) is 19.1 Å². The fraction of sp³-hybridized carbons (Fsp3) is 0.0667. The van der Waals surface area contributed by atoms with E-state index in [4.69, 9.17) is 4.74 Å². The molecule has 19 heavy (non-hydrogen) atoms. The van der Waals surface area contributed by atoms with Crippen molar-refractivity contribution in [2.45, 2.75) is 0 Å². The lowest BCUT2D eigenvalue weighted by Crippen LogP contribution is -2.05. The Balaban J connectivity index is 2.16. The number of methoxy groups -OCH3 is 1. The molecule has 2 aromatic carbocycles. The van der Waals surface area contributed by atoms with Crippen molar-refractivity contribution in [3.05, 3.63) is 60.2 Å². The molecule has 0 saturated heterocycles. The van der Waals surface area contributed by atoms with Gasteiger partial charge in [-0.05, 0) is 36.4 Å². The van der Waals surface area contributed by atoms with E-state index in [1.165, 1.54) is 0 Å². The number of benzene rings is 2. The highest BCUT2D eigenvalue weighted by molar-refractivity contribution is 6.36. The van der Waals surface area contributed by atoms with Crippen molar-refractivity contribution in [1.29, 1.82) is 0 Å². The number of para-hydroxylation sites is 1. The van der Waals surface area contributed by atoms with Gasteiger partial charge in [0.25, 0.3) is 0 Å². The maximum atomic E-state index is 11.1. The third-order valence-electron chi connectivity index (χ3n) is 2.58. The Hall–Kier alpha value is -2.62. The van der Waals surface area contributed by atoms with Gasteiger partial charge in [0.1, 0.15) is 11.5 Å². The van der Waals surface area contributed by atoms with Gasteiger partial charge in [0.15, 0.2) is 6.29 Å². The minimum Gasteiger partial charge on any atom is -0.497 e. The van der Waals surface area contributed by atoms with Gasteiger partial charge in [-0.3, -0.25) is 10.2 Å². The van der Waals surface area contributed by atoms with Crippen LogP contribution in [0.4, 0.5) is 5.69 Å². The van der Waals surface area contributed by atoms with Gasteiger partial charge in [-0.25, -0.2) is 0 Å². The van der Waals surface area contributed by atoms with Gasteiger partial charge in [-0.1, -0.05) is 18.2 Å². The molecule has 0 aliphatic heterocycles. The fourth-order valence-corrected chi connectivity index (χ4v) is 1.56. The lowest BCUT2D eigenvalue weighted by atomic mass is 10.1. The zero-order valence-corrected chi connectivity index (χ0v) is 10.5. The van der Waals surface area contributed by atoms with E-state index in [1.54, 1.807) is 31.4 Å². The number of hydrogen-bond acceptors (Lipinski definition) is 4. The molecular weight excluding hydrogens is 240 g/mol. The molecule has 0 fully saturated rings. The highest BCUT2D eigenvalue weighted by Gasteiger charge is 2.02. The second-order valence-corrected chi connectivity index (χ2v) is 3.82. The summed E-state index contributed by atoms with van der Waals surface area (Å²) in [5, 5.41) is 4.10. The Bertz CT molecular complexity index is 562. The van der Waals surface area contributed by atoms with Crippen molar-refractivity contribution in [3.8, 4) is 5.75 Å². The number of nitrogens with zero attached hydrogens (tertiary/aromatic N) is 1. The molecule has 1 N–H and O–H groups in total. The number of rotatable bonds is 5. The molecule has 0 spiro atoms. The smallest absolute Gasteiger partial charge is 0.170 e. The molecule has 0 bridgehead atoms. The first-order valence-corrected chi connectivity index (χ1v) is 5.82. The molecule has 0 heterocycles. The molecule has 0 radical (unpaired) electrons. The third-order valence-corrected chi connectivity index (χ3v) is 2.58. The minimum absolute atomic E-state index is 0.339. The number of hydrazone groups is 1. The van der Waals surface area contributed by atoms with Crippen LogP contribution in [0.5, 0.6) is 5.75 Å². The standard InChI is InChI=1S/C15H14N2O2/c1-19-14-9-7-12(8-10-14)15(11-18)17-16-13-5-3-2-4-6-13/h2-11,16H,1H3/b17-15+. The molecule has 96 valence electrons. The molecule has 0 aliphatic carbocycles. The fourth-order valence-electron chi connectivity index (χ4n) is 1.56. The van der Waals surface area contributed by atoms with Crippen molar-refractivity contribution < 1.29 is 9.53 Å². The minimum atomic E-state index is 0.339. The van der Waals surface area contributed by atoms with Crippen molar-refractivity contribution in [1.82, 2.24) is 0 Å². The third kappa shape index (κ3) is 3.42. The number of nitrogens with one attached hydrogen (secondary N) is 1. The number of carbonyl (C=O) groups excluding carboxylic acids is 1. The van der Waals surface area contributed by atoms with E-state index in [1.807, 2.05) is 30.3 Å². The number of carbonyl (C=O) groups is 1. The highest BCUT2D eigenvalue weighted by atomic mass is 16.5. The summed E-state index contributed by atoms with van der Waals surface area (Å²) in [5.74, 6) is 0.741. The summed E-state index contributed by atoms with van der Waals surface area (Å²) in [6.45, 7) is 0. The Morgan fingerprint density at radius 1 is 1.11 bits per heavy atom. The van der Waals surface area contributed by atoms with Crippen LogP contribution in [0.1, 0.15) is 5.56 Å². The van der Waals surface area contributed by atoms with Crippen LogP contribution in [0.2, 0.25) is 0 Å². The van der Waals surface area contributed by atoms with E-state index in [-0.39, 0.29) is 0 Å². The van der Waals surface area contributed by atoms with Crippen LogP contribution >= 0.6 is 0 Å².